The van der Waals surface area contributed by atoms with Gasteiger partial charge in [-0.05, 0) is 31.0 Å². The Balaban J connectivity index is 2.82. The highest BCUT2D eigenvalue weighted by molar-refractivity contribution is 9.10. The van der Waals surface area contributed by atoms with Crippen LogP contribution in [0.3, 0.4) is 0 Å². The van der Waals surface area contributed by atoms with E-state index >= 15 is 0 Å². The third-order valence-corrected chi connectivity index (χ3v) is 3.83. The number of carbonyl (C=O) groups is 1. The van der Waals surface area contributed by atoms with Gasteiger partial charge in [-0.3, -0.25) is 4.79 Å². The molecule has 1 rings (SSSR count). The summed E-state index contributed by atoms with van der Waals surface area (Å²) in [6.45, 7) is 4.27. The highest BCUT2D eigenvalue weighted by Gasteiger charge is 2.18. The van der Waals surface area contributed by atoms with E-state index in [4.69, 9.17) is 4.74 Å². The first kappa shape index (κ1) is 16.2. The van der Waals surface area contributed by atoms with Gasteiger partial charge in [-0.1, -0.05) is 42.6 Å². The van der Waals surface area contributed by atoms with Crippen LogP contribution in [0.5, 0.6) is 5.75 Å². The molecule has 0 saturated heterocycles. The summed E-state index contributed by atoms with van der Waals surface area (Å²) in [4.78, 5) is 12.4. The number of hydrogen-bond acceptors (Lipinski definition) is 2. The van der Waals surface area contributed by atoms with Crippen LogP contribution in [0, 0.1) is 5.92 Å². The van der Waals surface area contributed by atoms with Gasteiger partial charge in [-0.15, -0.1) is 0 Å². The number of hydrogen-bond donors (Lipinski definition) is 0. The summed E-state index contributed by atoms with van der Waals surface area (Å²) in [5.41, 5.74) is 0.971. The molecule has 19 heavy (non-hydrogen) atoms. The average molecular weight is 327 g/mol. The second-order valence-electron chi connectivity index (χ2n) is 4.87. The van der Waals surface area contributed by atoms with Gasteiger partial charge >= 0.3 is 0 Å². The molecule has 0 aromatic heterocycles. The molecule has 0 spiro atoms. The van der Waals surface area contributed by atoms with Crippen molar-refractivity contribution in [3.63, 3.8) is 0 Å². The molecular weight excluding hydrogens is 304 g/mol. The molecule has 0 bridgehead atoms. The molecule has 0 aliphatic heterocycles. The van der Waals surface area contributed by atoms with Crippen LogP contribution in [0.15, 0.2) is 22.7 Å². The quantitative estimate of drug-likeness (QED) is 0.686. The Kier molecular flexibility index (Phi) is 7.14. The summed E-state index contributed by atoms with van der Waals surface area (Å²) in [5.74, 6) is 1.32. The van der Waals surface area contributed by atoms with E-state index in [1.807, 2.05) is 18.2 Å². The molecule has 3 heteroatoms. The zero-order valence-corrected chi connectivity index (χ0v) is 13.6. The van der Waals surface area contributed by atoms with E-state index in [0.717, 1.165) is 41.5 Å². The van der Waals surface area contributed by atoms with Crippen molar-refractivity contribution in [1.82, 2.24) is 0 Å². The average Bonchev–Trinajstić information content (AvgIpc) is 2.38. The lowest BCUT2D eigenvalue weighted by Gasteiger charge is -2.15. The Morgan fingerprint density at radius 1 is 1.26 bits per heavy atom. The van der Waals surface area contributed by atoms with Crippen molar-refractivity contribution in [2.75, 3.05) is 7.11 Å². The fourth-order valence-corrected chi connectivity index (χ4v) is 2.79. The maximum atomic E-state index is 12.4. The SMILES string of the molecule is CCCC(CCC)C(=O)Cc1cc(Br)ccc1OC. The van der Waals surface area contributed by atoms with E-state index in [-0.39, 0.29) is 5.92 Å². The van der Waals surface area contributed by atoms with E-state index < -0.39 is 0 Å². The lowest BCUT2D eigenvalue weighted by molar-refractivity contribution is -0.122. The normalized spacial score (nSPS) is 10.8. The monoisotopic (exact) mass is 326 g/mol. The van der Waals surface area contributed by atoms with Crippen LogP contribution in [0.4, 0.5) is 0 Å². The Labute approximate surface area is 124 Å². The molecule has 1 aromatic rings. The number of Topliss-reactive ketones (excluding diaryl/α,β-unsaturated/α-hetero) is 1. The first-order chi connectivity index (χ1) is 9.12. The molecule has 0 heterocycles. The van der Waals surface area contributed by atoms with Gasteiger partial charge in [0, 0.05) is 22.4 Å². The van der Waals surface area contributed by atoms with Crippen molar-refractivity contribution < 1.29 is 9.53 Å². The fraction of sp³-hybridized carbons (Fsp3) is 0.562. The topological polar surface area (TPSA) is 26.3 Å². The highest BCUT2D eigenvalue weighted by atomic mass is 79.9. The Morgan fingerprint density at radius 3 is 2.42 bits per heavy atom. The van der Waals surface area contributed by atoms with Crippen molar-refractivity contribution in [3.05, 3.63) is 28.2 Å². The van der Waals surface area contributed by atoms with Crippen LogP contribution < -0.4 is 4.74 Å². The largest absolute Gasteiger partial charge is 0.496 e. The summed E-state index contributed by atoms with van der Waals surface area (Å²) < 4.78 is 6.31. The molecule has 0 saturated carbocycles. The predicted octanol–water partition coefficient (Wildman–Crippen LogP) is 4.79. The van der Waals surface area contributed by atoms with Crippen LogP contribution >= 0.6 is 15.9 Å². The van der Waals surface area contributed by atoms with Crippen molar-refractivity contribution in [3.8, 4) is 5.75 Å². The summed E-state index contributed by atoms with van der Waals surface area (Å²) in [7, 11) is 1.65. The zero-order chi connectivity index (χ0) is 14.3. The van der Waals surface area contributed by atoms with E-state index in [2.05, 4.69) is 29.8 Å². The molecule has 0 aliphatic carbocycles. The van der Waals surface area contributed by atoms with Crippen molar-refractivity contribution in [2.24, 2.45) is 5.92 Å². The molecule has 0 atom stereocenters. The van der Waals surface area contributed by atoms with E-state index in [0.29, 0.717) is 12.2 Å². The number of halogens is 1. The lowest BCUT2D eigenvalue weighted by Crippen LogP contribution is -2.17. The molecule has 0 N–H and O–H groups in total. The van der Waals surface area contributed by atoms with Gasteiger partial charge in [0.2, 0.25) is 0 Å². The van der Waals surface area contributed by atoms with Gasteiger partial charge in [0.15, 0.2) is 0 Å². The standard InChI is InChI=1S/C16H23BrO2/c1-4-6-12(7-5-2)15(18)11-13-10-14(17)8-9-16(13)19-3/h8-10,12H,4-7,11H2,1-3H3. The molecule has 2 nitrogen and oxygen atoms in total. The van der Waals surface area contributed by atoms with Gasteiger partial charge in [-0.25, -0.2) is 0 Å². The lowest BCUT2D eigenvalue weighted by atomic mass is 9.90. The van der Waals surface area contributed by atoms with Gasteiger partial charge in [0.25, 0.3) is 0 Å². The zero-order valence-electron chi connectivity index (χ0n) is 12.0. The minimum atomic E-state index is 0.193. The second kappa shape index (κ2) is 8.36. The van der Waals surface area contributed by atoms with E-state index in [1.54, 1.807) is 7.11 Å². The van der Waals surface area contributed by atoms with Gasteiger partial charge in [-0.2, -0.15) is 0 Å². The van der Waals surface area contributed by atoms with Crippen LogP contribution in [-0.2, 0) is 11.2 Å². The van der Waals surface area contributed by atoms with Crippen molar-refractivity contribution in [2.45, 2.75) is 46.0 Å². The number of methoxy groups -OCH3 is 1. The number of ketones is 1. The molecule has 0 radical (unpaired) electrons. The number of ether oxygens (including phenoxy) is 1. The third kappa shape index (κ3) is 4.98. The minimum Gasteiger partial charge on any atom is -0.496 e. The minimum absolute atomic E-state index is 0.193. The maximum Gasteiger partial charge on any atom is 0.140 e. The number of rotatable bonds is 8. The summed E-state index contributed by atoms with van der Waals surface area (Å²) in [5, 5.41) is 0. The molecule has 0 unspecified atom stereocenters. The van der Waals surface area contributed by atoms with E-state index in [1.165, 1.54) is 0 Å². The molecule has 106 valence electrons. The summed E-state index contributed by atoms with van der Waals surface area (Å²) in [6, 6.07) is 5.81. The first-order valence-electron chi connectivity index (χ1n) is 6.97. The summed E-state index contributed by atoms with van der Waals surface area (Å²) in [6.07, 6.45) is 4.57. The van der Waals surface area contributed by atoms with Crippen LogP contribution in [0.2, 0.25) is 0 Å². The second-order valence-corrected chi connectivity index (χ2v) is 5.79. The van der Waals surface area contributed by atoms with Crippen molar-refractivity contribution in [1.29, 1.82) is 0 Å². The van der Waals surface area contributed by atoms with Gasteiger partial charge in [0.1, 0.15) is 11.5 Å². The van der Waals surface area contributed by atoms with E-state index in [9.17, 15) is 4.79 Å². The Hall–Kier alpha value is -0.830. The third-order valence-electron chi connectivity index (χ3n) is 3.34. The maximum absolute atomic E-state index is 12.4. The van der Waals surface area contributed by atoms with Crippen molar-refractivity contribution >= 4 is 21.7 Å². The van der Waals surface area contributed by atoms with Gasteiger partial charge < -0.3 is 4.74 Å². The fourth-order valence-electron chi connectivity index (χ4n) is 2.38. The predicted molar refractivity (Wildman–Crippen MR) is 82.7 cm³/mol. The molecule has 0 aliphatic rings. The van der Waals surface area contributed by atoms with Gasteiger partial charge in [0.05, 0.1) is 7.11 Å². The number of benzene rings is 1. The Morgan fingerprint density at radius 2 is 1.89 bits per heavy atom. The molecular formula is C16H23BrO2. The summed E-state index contributed by atoms with van der Waals surface area (Å²) >= 11 is 3.45. The number of carbonyl (C=O) groups excluding carboxylic acids is 1. The smallest absolute Gasteiger partial charge is 0.140 e. The van der Waals surface area contributed by atoms with Crippen LogP contribution in [-0.4, -0.2) is 12.9 Å². The molecule has 0 amide bonds. The van der Waals surface area contributed by atoms with Crippen LogP contribution in [0.1, 0.15) is 45.1 Å². The van der Waals surface area contributed by atoms with Crippen LogP contribution in [0.25, 0.3) is 0 Å². The molecule has 0 fully saturated rings. The highest BCUT2D eigenvalue weighted by Crippen LogP contribution is 2.26. The Bertz CT molecular complexity index is 409. The first-order valence-corrected chi connectivity index (χ1v) is 7.76. The molecule has 1 aromatic carbocycles.